The first-order valence-electron chi connectivity index (χ1n) is 7.66. The van der Waals surface area contributed by atoms with E-state index in [2.05, 4.69) is 36.5 Å². The number of benzene rings is 1. The number of hydrogen-bond acceptors (Lipinski definition) is 3. The largest absolute Gasteiger partial charge is 0.376 e. The number of thiophene rings is 1. The van der Waals surface area contributed by atoms with Gasteiger partial charge in [-0.05, 0) is 43.2 Å². The third-order valence-electron chi connectivity index (χ3n) is 3.79. The predicted molar refractivity (Wildman–Crippen MR) is 86.2 cm³/mol. The van der Waals surface area contributed by atoms with Gasteiger partial charge in [-0.1, -0.05) is 25.1 Å². The second-order valence-corrected chi connectivity index (χ2v) is 6.77. The topological polar surface area (TPSA) is 21.3 Å². The second-order valence-electron chi connectivity index (χ2n) is 5.64. The average Bonchev–Trinajstić information content (AvgIpc) is 3.22. The molecule has 0 saturated heterocycles. The Kier molecular flexibility index (Phi) is 4.71. The maximum absolute atomic E-state index is 5.94. The van der Waals surface area contributed by atoms with Crippen LogP contribution in [0.5, 0.6) is 0 Å². The van der Waals surface area contributed by atoms with Crippen molar-refractivity contribution in [1.29, 1.82) is 0 Å². The van der Waals surface area contributed by atoms with Crippen LogP contribution in [0.3, 0.4) is 0 Å². The SMILES string of the molecule is CCCNCc1sc2ccccc2c1COCC1CC1. The van der Waals surface area contributed by atoms with Crippen molar-refractivity contribution in [2.75, 3.05) is 13.2 Å². The van der Waals surface area contributed by atoms with E-state index in [1.165, 1.54) is 39.8 Å². The van der Waals surface area contributed by atoms with E-state index in [9.17, 15) is 0 Å². The normalized spacial score (nSPS) is 15.1. The standard InChI is InChI=1S/C17H23NOS/c1-2-9-18-10-17-15(12-19-11-13-7-8-13)14-5-3-4-6-16(14)20-17/h3-6,13,18H,2,7-12H2,1H3. The summed E-state index contributed by atoms with van der Waals surface area (Å²) in [5, 5.41) is 4.90. The van der Waals surface area contributed by atoms with Crippen LogP contribution in [0.25, 0.3) is 10.1 Å². The monoisotopic (exact) mass is 289 g/mol. The molecule has 0 amide bonds. The van der Waals surface area contributed by atoms with Gasteiger partial charge in [0.2, 0.25) is 0 Å². The van der Waals surface area contributed by atoms with E-state index in [1.807, 2.05) is 11.3 Å². The Morgan fingerprint density at radius 3 is 2.95 bits per heavy atom. The van der Waals surface area contributed by atoms with Crippen LogP contribution in [0, 0.1) is 5.92 Å². The summed E-state index contributed by atoms with van der Waals surface area (Å²) in [4.78, 5) is 1.44. The van der Waals surface area contributed by atoms with Crippen LogP contribution in [0.15, 0.2) is 24.3 Å². The highest BCUT2D eigenvalue weighted by Gasteiger charge is 2.21. The third-order valence-corrected chi connectivity index (χ3v) is 5.00. The van der Waals surface area contributed by atoms with Gasteiger partial charge in [-0.2, -0.15) is 0 Å². The van der Waals surface area contributed by atoms with Gasteiger partial charge in [0.15, 0.2) is 0 Å². The average molecular weight is 289 g/mol. The fourth-order valence-corrected chi connectivity index (χ4v) is 3.62. The highest BCUT2D eigenvalue weighted by atomic mass is 32.1. The van der Waals surface area contributed by atoms with E-state index < -0.39 is 0 Å². The van der Waals surface area contributed by atoms with Gasteiger partial charge in [-0.15, -0.1) is 11.3 Å². The lowest BCUT2D eigenvalue weighted by molar-refractivity contribution is 0.112. The van der Waals surface area contributed by atoms with E-state index in [4.69, 9.17) is 4.74 Å². The first-order valence-corrected chi connectivity index (χ1v) is 8.48. The van der Waals surface area contributed by atoms with Gasteiger partial charge in [0, 0.05) is 28.3 Å². The summed E-state index contributed by atoms with van der Waals surface area (Å²) in [6, 6.07) is 8.69. The summed E-state index contributed by atoms with van der Waals surface area (Å²) in [5.74, 6) is 0.835. The van der Waals surface area contributed by atoms with E-state index in [0.29, 0.717) is 0 Å². The zero-order chi connectivity index (χ0) is 13.8. The summed E-state index contributed by atoms with van der Waals surface area (Å²) in [5.41, 5.74) is 1.40. The fourth-order valence-electron chi connectivity index (χ4n) is 2.44. The van der Waals surface area contributed by atoms with Crippen LogP contribution in [0.1, 0.15) is 36.6 Å². The molecule has 1 fully saturated rings. The highest BCUT2D eigenvalue weighted by molar-refractivity contribution is 7.19. The summed E-state index contributed by atoms with van der Waals surface area (Å²) >= 11 is 1.91. The Bertz CT molecular complexity index is 559. The quantitative estimate of drug-likeness (QED) is 0.730. The molecule has 0 unspecified atom stereocenters. The molecule has 108 valence electrons. The van der Waals surface area contributed by atoms with Crippen LogP contribution in [0.4, 0.5) is 0 Å². The molecule has 1 aromatic carbocycles. The molecule has 1 aromatic heterocycles. The first-order chi connectivity index (χ1) is 9.88. The molecule has 3 heteroatoms. The molecule has 2 nitrogen and oxygen atoms in total. The van der Waals surface area contributed by atoms with E-state index in [1.54, 1.807) is 0 Å². The van der Waals surface area contributed by atoms with Crippen LogP contribution >= 0.6 is 11.3 Å². The molecule has 0 bridgehead atoms. The van der Waals surface area contributed by atoms with E-state index in [-0.39, 0.29) is 0 Å². The van der Waals surface area contributed by atoms with Crippen molar-refractivity contribution < 1.29 is 4.74 Å². The zero-order valence-corrected chi connectivity index (χ0v) is 13.0. The molecule has 3 rings (SSSR count). The van der Waals surface area contributed by atoms with Crippen molar-refractivity contribution in [3.63, 3.8) is 0 Å². The van der Waals surface area contributed by atoms with Gasteiger partial charge in [0.05, 0.1) is 6.61 Å². The maximum Gasteiger partial charge on any atom is 0.0734 e. The molecular weight excluding hydrogens is 266 g/mol. The molecule has 1 N–H and O–H groups in total. The van der Waals surface area contributed by atoms with Crippen molar-refractivity contribution in [3.8, 4) is 0 Å². The third kappa shape index (κ3) is 3.40. The Morgan fingerprint density at radius 2 is 2.15 bits per heavy atom. The van der Waals surface area contributed by atoms with Crippen LogP contribution in [-0.2, 0) is 17.9 Å². The minimum absolute atomic E-state index is 0.768. The van der Waals surface area contributed by atoms with E-state index in [0.717, 1.165) is 32.2 Å². The number of fused-ring (bicyclic) bond motifs is 1. The van der Waals surface area contributed by atoms with Crippen molar-refractivity contribution in [2.45, 2.75) is 39.3 Å². The lowest BCUT2D eigenvalue weighted by Crippen LogP contribution is -2.14. The summed E-state index contributed by atoms with van der Waals surface area (Å²) < 4.78 is 7.32. The zero-order valence-electron chi connectivity index (χ0n) is 12.2. The molecule has 0 radical (unpaired) electrons. The van der Waals surface area contributed by atoms with Gasteiger partial charge in [0.25, 0.3) is 0 Å². The number of ether oxygens (including phenoxy) is 1. The molecule has 1 aliphatic carbocycles. The van der Waals surface area contributed by atoms with Crippen LogP contribution in [-0.4, -0.2) is 13.2 Å². The van der Waals surface area contributed by atoms with Crippen molar-refractivity contribution >= 4 is 21.4 Å². The second kappa shape index (κ2) is 6.70. The molecule has 20 heavy (non-hydrogen) atoms. The minimum atomic E-state index is 0.768. The molecule has 0 atom stereocenters. The van der Waals surface area contributed by atoms with Crippen molar-refractivity contribution in [2.24, 2.45) is 5.92 Å². The number of nitrogens with one attached hydrogen (secondary N) is 1. The predicted octanol–water partition coefficient (Wildman–Crippen LogP) is 4.33. The first kappa shape index (κ1) is 14.1. The van der Waals surface area contributed by atoms with Gasteiger partial charge < -0.3 is 10.1 Å². The Morgan fingerprint density at radius 1 is 1.30 bits per heavy atom. The van der Waals surface area contributed by atoms with Gasteiger partial charge in [0.1, 0.15) is 0 Å². The van der Waals surface area contributed by atoms with Crippen LogP contribution < -0.4 is 5.32 Å². The number of hydrogen-bond donors (Lipinski definition) is 1. The lowest BCUT2D eigenvalue weighted by atomic mass is 10.1. The molecule has 1 saturated carbocycles. The van der Waals surface area contributed by atoms with Gasteiger partial charge >= 0.3 is 0 Å². The van der Waals surface area contributed by atoms with E-state index >= 15 is 0 Å². The van der Waals surface area contributed by atoms with Crippen molar-refractivity contribution in [1.82, 2.24) is 5.32 Å². The smallest absolute Gasteiger partial charge is 0.0734 e. The van der Waals surface area contributed by atoms with Gasteiger partial charge in [-0.3, -0.25) is 0 Å². The summed E-state index contributed by atoms with van der Waals surface area (Å²) in [7, 11) is 0. The molecule has 0 spiro atoms. The Labute approximate surface area is 125 Å². The number of rotatable bonds is 8. The summed E-state index contributed by atoms with van der Waals surface area (Å²) in [6.45, 7) is 5.96. The molecule has 1 aliphatic rings. The Balaban J connectivity index is 1.74. The van der Waals surface area contributed by atoms with Gasteiger partial charge in [-0.25, -0.2) is 0 Å². The Hall–Kier alpha value is -0.900. The fraction of sp³-hybridized carbons (Fsp3) is 0.529. The molecular formula is C17H23NOS. The highest BCUT2D eigenvalue weighted by Crippen LogP contribution is 2.33. The molecule has 2 aromatic rings. The minimum Gasteiger partial charge on any atom is -0.376 e. The molecule has 1 heterocycles. The molecule has 0 aliphatic heterocycles. The summed E-state index contributed by atoms with van der Waals surface area (Å²) in [6.07, 6.45) is 3.89. The lowest BCUT2D eigenvalue weighted by Gasteiger charge is -2.07. The van der Waals surface area contributed by atoms with Crippen LogP contribution in [0.2, 0.25) is 0 Å². The maximum atomic E-state index is 5.94. The van der Waals surface area contributed by atoms with Crippen molar-refractivity contribution in [3.05, 3.63) is 34.7 Å².